The molecule has 1 heterocycles. The molecule has 1 aromatic carbocycles. The highest BCUT2D eigenvalue weighted by molar-refractivity contribution is 6.30. The molecular formula is C11H10ClF3N4. The van der Waals surface area contributed by atoms with E-state index in [1.165, 1.54) is 0 Å². The summed E-state index contributed by atoms with van der Waals surface area (Å²) in [6.45, 7) is -0.382. The fraction of sp³-hybridized carbons (Fsp3) is 0.273. The molecular weight excluding hydrogens is 281 g/mol. The molecule has 0 radical (unpaired) electrons. The second kappa shape index (κ2) is 5.18. The van der Waals surface area contributed by atoms with Gasteiger partial charge in [-0.2, -0.15) is 13.2 Å². The summed E-state index contributed by atoms with van der Waals surface area (Å²) in [6, 6.07) is 6.54. The van der Waals surface area contributed by atoms with E-state index in [9.17, 15) is 13.2 Å². The zero-order chi connectivity index (χ0) is 14.0. The van der Waals surface area contributed by atoms with Gasteiger partial charge in [-0.1, -0.05) is 28.9 Å². The van der Waals surface area contributed by atoms with Gasteiger partial charge in [-0.05, 0) is 17.7 Å². The van der Waals surface area contributed by atoms with Crippen molar-refractivity contribution in [2.75, 3.05) is 0 Å². The third-order valence-electron chi connectivity index (χ3n) is 2.49. The molecule has 1 aromatic heterocycles. The van der Waals surface area contributed by atoms with E-state index < -0.39 is 11.9 Å². The molecule has 0 saturated carbocycles. The number of nitrogens with zero attached hydrogens (tertiary/aromatic N) is 3. The van der Waals surface area contributed by atoms with Gasteiger partial charge >= 0.3 is 6.18 Å². The maximum atomic E-state index is 12.9. The van der Waals surface area contributed by atoms with Crippen molar-refractivity contribution in [3.8, 4) is 0 Å². The lowest BCUT2D eigenvalue weighted by Gasteiger charge is -2.10. The Morgan fingerprint density at radius 3 is 2.63 bits per heavy atom. The lowest BCUT2D eigenvalue weighted by molar-refractivity contribution is -0.144. The first-order valence-corrected chi connectivity index (χ1v) is 5.73. The van der Waals surface area contributed by atoms with Crippen molar-refractivity contribution >= 4 is 11.6 Å². The fourth-order valence-corrected chi connectivity index (χ4v) is 1.93. The Morgan fingerprint density at radius 1 is 1.32 bits per heavy atom. The summed E-state index contributed by atoms with van der Waals surface area (Å²) in [5.74, 6) is 0. The predicted octanol–water partition coefficient (Wildman–Crippen LogP) is 2.46. The van der Waals surface area contributed by atoms with Crippen LogP contribution < -0.4 is 5.73 Å². The van der Waals surface area contributed by atoms with Crippen LogP contribution in [0.3, 0.4) is 0 Å². The van der Waals surface area contributed by atoms with Crippen LogP contribution in [0.25, 0.3) is 0 Å². The number of benzene rings is 1. The monoisotopic (exact) mass is 290 g/mol. The van der Waals surface area contributed by atoms with Crippen LogP contribution in [0, 0.1) is 0 Å². The van der Waals surface area contributed by atoms with E-state index in [1.807, 2.05) is 0 Å². The van der Waals surface area contributed by atoms with Crippen molar-refractivity contribution in [1.29, 1.82) is 0 Å². The maximum Gasteiger partial charge on any atom is 0.434 e. The van der Waals surface area contributed by atoms with Crippen LogP contribution in [0.15, 0.2) is 24.3 Å². The molecule has 102 valence electrons. The van der Waals surface area contributed by atoms with E-state index in [2.05, 4.69) is 10.3 Å². The van der Waals surface area contributed by atoms with Gasteiger partial charge in [-0.25, -0.2) is 4.68 Å². The molecule has 0 bridgehead atoms. The van der Waals surface area contributed by atoms with Crippen molar-refractivity contribution in [1.82, 2.24) is 15.0 Å². The number of rotatable bonds is 3. The number of aromatic nitrogens is 3. The largest absolute Gasteiger partial charge is 0.434 e. The summed E-state index contributed by atoms with van der Waals surface area (Å²) < 4.78 is 39.6. The number of hydrogen-bond acceptors (Lipinski definition) is 3. The molecule has 19 heavy (non-hydrogen) atoms. The Kier molecular flexibility index (Phi) is 3.77. The smallest absolute Gasteiger partial charge is 0.325 e. The molecule has 4 nitrogen and oxygen atoms in total. The molecule has 0 aliphatic rings. The molecule has 0 fully saturated rings. The molecule has 2 aromatic rings. The number of alkyl halides is 3. The minimum absolute atomic E-state index is 0.0671. The third kappa shape index (κ3) is 3.05. The van der Waals surface area contributed by atoms with Gasteiger partial charge < -0.3 is 5.73 Å². The molecule has 2 rings (SSSR count). The van der Waals surface area contributed by atoms with Gasteiger partial charge in [-0.15, -0.1) is 5.10 Å². The van der Waals surface area contributed by atoms with Gasteiger partial charge in [0.15, 0.2) is 5.69 Å². The molecule has 0 aliphatic carbocycles. The average molecular weight is 291 g/mol. The van der Waals surface area contributed by atoms with Gasteiger partial charge in [0.05, 0.1) is 6.54 Å². The van der Waals surface area contributed by atoms with Crippen molar-refractivity contribution in [2.24, 2.45) is 5.73 Å². The Morgan fingerprint density at radius 2 is 2.05 bits per heavy atom. The minimum atomic E-state index is -4.54. The Bertz CT molecular complexity index is 580. The van der Waals surface area contributed by atoms with Crippen LogP contribution in [0.1, 0.15) is 17.0 Å². The zero-order valence-electron chi connectivity index (χ0n) is 9.65. The number of nitrogens with two attached hydrogens (primary N) is 1. The summed E-state index contributed by atoms with van der Waals surface area (Å²) in [7, 11) is 0. The molecule has 2 N–H and O–H groups in total. The molecule has 0 unspecified atom stereocenters. The summed E-state index contributed by atoms with van der Waals surface area (Å²) in [6.07, 6.45) is -4.54. The van der Waals surface area contributed by atoms with Crippen molar-refractivity contribution in [3.63, 3.8) is 0 Å². The van der Waals surface area contributed by atoms with Crippen LogP contribution in [0.4, 0.5) is 13.2 Å². The van der Waals surface area contributed by atoms with E-state index in [0.29, 0.717) is 10.6 Å². The molecule has 0 aliphatic heterocycles. The molecule has 0 saturated heterocycles. The normalized spacial score (nSPS) is 11.8. The number of hydrogen-bond donors (Lipinski definition) is 1. The van der Waals surface area contributed by atoms with Gasteiger partial charge in [-0.3, -0.25) is 0 Å². The van der Waals surface area contributed by atoms with Gasteiger partial charge in [0, 0.05) is 11.6 Å². The second-order valence-electron chi connectivity index (χ2n) is 3.87. The first-order chi connectivity index (χ1) is 8.91. The first kappa shape index (κ1) is 13.8. The van der Waals surface area contributed by atoms with Gasteiger partial charge in [0.25, 0.3) is 0 Å². The Labute approximate surface area is 112 Å². The second-order valence-corrected chi connectivity index (χ2v) is 4.31. The van der Waals surface area contributed by atoms with Crippen LogP contribution >= 0.6 is 11.6 Å². The fourth-order valence-electron chi connectivity index (χ4n) is 1.72. The quantitative estimate of drug-likeness (QED) is 0.945. The summed E-state index contributed by atoms with van der Waals surface area (Å²) >= 11 is 5.79. The maximum absolute atomic E-state index is 12.9. The van der Waals surface area contributed by atoms with Gasteiger partial charge in [0.2, 0.25) is 0 Å². The highest BCUT2D eigenvalue weighted by Gasteiger charge is 2.38. The lowest BCUT2D eigenvalue weighted by Crippen LogP contribution is -2.18. The van der Waals surface area contributed by atoms with Crippen molar-refractivity contribution in [3.05, 3.63) is 46.2 Å². The van der Waals surface area contributed by atoms with Crippen molar-refractivity contribution in [2.45, 2.75) is 19.3 Å². The van der Waals surface area contributed by atoms with Gasteiger partial charge in [0.1, 0.15) is 5.69 Å². The summed E-state index contributed by atoms with van der Waals surface area (Å²) in [5, 5.41) is 7.41. The topological polar surface area (TPSA) is 56.7 Å². The first-order valence-electron chi connectivity index (χ1n) is 5.36. The van der Waals surface area contributed by atoms with E-state index in [-0.39, 0.29) is 18.8 Å². The lowest BCUT2D eigenvalue weighted by atomic mass is 10.2. The molecule has 0 amide bonds. The van der Waals surface area contributed by atoms with Crippen molar-refractivity contribution < 1.29 is 13.2 Å². The minimum Gasteiger partial charge on any atom is -0.325 e. The van der Waals surface area contributed by atoms with E-state index in [4.69, 9.17) is 17.3 Å². The Hall–Kier alpha value is -1.60. The average Bonchev–Trinajstić information content (AvgIpc) is 2.71. The van der Waals surface area contributed by atoms with Crippen LogP contribution in [0.5, 0.6) is 0 Å². The SMILES string of the molecule is NCc1nnn(Cc2cccc(Cl)c2)c1C(F)(F)F. The van der Waals surface area contributed by atoms with E-state index >= 15 is 0 Å². The number of halogens is 4. The van der Waals surface area contributed by atoms with Crippen LogP contribution in [-0.2, 0) is 19.3 Å². The predicted molar refractivity (Wildman–Crippen MR) is 63.5 cm³/mol. The third-order valence-corrected chi connectivity index (χ3v) is 2.72. The zero-order valence-corrected chi connectivity index (χ0v) is 10.4. The summed E-state index contributed by atoms with van der Waals surface area (Å²) in [4.78, 5) is 0. The van der Waals surface area contributed by atoms with E-state index in [0.717, 1.165) is 4.68 Å². The standard InChI is InChI=1S/C11H10ClF3N4/c12-8-3-1-2-7(4-8)6-19-10(11(13,14)15)9(5-16)17-18-19/h1-4H,5-6,16H2. The summed E-state index contributed by atoms with van der Waals surface area (Å²) in [5.41, 5.74) is 4.65. The highest BCUT2D eigenvalue weighted by atomic mass is 35.5. The highest BCUT2D eigenvalue weighted by Crippen LogP contribution is 2.31. The Balaban J connectivity index is 2.38. The van der Waals surface area contributed by atoms with E-state index in [1.54, 1.807) is 24.3 Å². The molecule has 8 heteroatoms. The molecule has 0 atom stereocenters. The molecule has 0 spiro atoms. The van der Waals surface area contributed by atoms with Crippen LogP contribution in [-0.4, -0.2) is 15.0 Å². The van der Waals surface area contributed by atoms with Crippen LogP contribution in [0.2, 0.25) is 5.02 Å².